The van der Waals surface area contributed by atoms with Gasteiger partial charge in [-0.15, -0.1) is 0 Å². The van der Waals surface area contributed by atoms with E-state index in [-0.39, 0.29) is 5.78 Å². The maximum atomic E-state index is 13.7. The minimum Gasteiger partial charge on any atom is -0.394 e. The molecule has 2 amide bonds. The van der Waals surface area contributed by atoms with E-state index < -0.39 is 42.2 Å². The van der Waals surface area contributed by atoms with Crippen LogP contribution in [0.5, 0.6) is 0 Å². The predicted molar refractivity (Wildman–Crippen MR) is 168 cm³/mol. The van der Waals surface area contributed by atoms with Crippen LogP contribution in [0.25, 0.3) is 0 Å². The third-order valence-corrected chi connectivity index (χ3v) is 9.09. The number of Topliss-reactive ketones (excluding diaryl/α,β-unsaturated/α-hetero) is 1. The van der Waals surface area contributed by atoms with Crippen molar-refractivity contribution in [1.82, 2.24) is 15.1 Å². The number of aliphatic hydroxyl groups excluding tert-OH is 3. The number of piperidine rings is 1. The summed E-state index contributed by atoms with van der Waals surface area (Å²) in [6.07, 6.45) is 18.0. The zero-order chi connectivity index (χ0) is 31.4. The molecule has 4 N–H and O–H groups in total. The highest BCUT2D eigenvalue weighted by molar-refractivity contribution is 6.11. The van der Waals surface area contributed by atoms with E-state index in [9.17, 15) is 29.7 Å². The summed E-state index contributed by atoms with van der Waals surface area (Å²) in [5.41, 5.74) is -1.57. The van der Waals surface area contributed by atoms with Gasteiger partial charge in [-0.05, 0) is 39.3 Å². The number of hydrogen-bond acceptors (Lipinski definition) is 7. The lowest BCUT2D eigenvalue weighted by atomic mass is 9.76. The standard InChI is InChI=1S/C33H63N3O6/c1-5-7-8-9-10-11-12-13-14-15-16-17-18-19-20-21-24-34-32(42)33(27(3)38)29(23-22-25-36(33)6-2)35(4)31(41)30(40)28(39)26-37/h28-30,37,39-40H,5-26H2,1-4H3,(H,34,42). The Morgan fingerprint density at radius 3 is 1.76 bits per heavy atom. The molecular weight excluding hydrogens is 534 g/mol. The van der Waals surface area contributed by atoms with Crippen LogP contribution in [-0.4, -0.2) is 99.8 Å². The highest BCUT2D eigenvalue weighted by atomic mass is 16.4. The number of carbonyl (C=O) groups is 3. The Morgan fingerprint density at radius 2 is 1.33 bits per heavy atom. The van der Waals surface area contributed by atoms with Gasteiger partial charge >= 0.3 is 0 Å². The van der Waals surface area contributed by atoms with Crippen LogP contribution in [0.3, 0.4) is 0 Å². The van der Waals surface area contributed by atoms with E-state index in [1.54, 1.807) is 0 Å². The molecule has 1 saturated heterocycles. The van der Waals surface area contributed by atoms with Crippen molar-refractivity contribution in [2.45, 2.75) is 160 Å². The van der Waals surface area contributed by atoms with E-state index in [4.69, 9.17) is 0 Å². The van der Waals surface area contributed by atoms with Gasteiger partial charge in [-0.3, -0.25) is 19.3 Å². The normalized spacial score (nSPS) is 20.7. The molecule has 0 bridgehead atoms. The van der Waals surface area contributed by atoms with Crippen molar-refractivity contribution < 1.29 is 29.7 Å². The number of likely N-dealkylation sites (tertiary alicyclic amines) is 1. The number of unbranched alkanes of at least 4 members (excludes halogenated alkanes) is 15. The zero-order valence-corrected chi connectivity index (χ0v) is 27.2. The molecule has 9 nitrogen and oxygen atoms in total. The molecule has 0 aromatic rings. The fraction of sp³-hybridized carbons (Fsp3) is 0.909. The highest BCUT2D eigenvalue weighted by Gasteiger charge is 2.57. The first-order valence-corrected chi connectivity index (χ1v) is 17.0. The molecule has 0 aliphatic carbocycles. The summed E-state index contributed by atoms with van der Waals surface area (Å²) in [7, 11) is 1.44. The van der Waals surface area contributed by atoms with Crippen LogP contribution < -0.4 is 5.32 Å². The van der Waals surface area contributed by atoms with E-state index in [2.05, 4.69) is 12.2 Å². The van der Waals surface area contributed by atoms with Crippen LogP contribution in [-0.2, 0) is 14.4 Å². The van der Waals surface area contributed by atoms with Gasteiger partial charge < -0.3 is 25.5 Å². The van der Waals surface area contributed by atoms with Crippen molar-refractivity contribution in [1.29, 1.82) is 0 Å². The second kappa shape index (κ2) is 22.0. The molecule has 1 rings (SSSR count). The summed E-state index contributed by atoms with van der Waals surface area (Å²) < 4.78 is 0. The van der Waals surface area contributed by atoms with Gasteiger partial charge in [0.2, 0.25) is 5.91 Å². The van der Waals surface area contributed by atoms with Gasteiger partial charge in [-0.1, -0.05) is 110 Å². The number of nitrogens with zero attached hydrogens (tertiary/aromatic N) is 2. The fourth-order valence-corrected chi connectivity index (χ4v) is 6.50. The van der Waals surface area contributed by atoms with Gasteiger partial charge in [0, 0.05) is 13.6 Å². The molecule has 0 aromatic heterocycles. The summed E-state index contributed by atoms with van der Waals surface area (Å²) in [6, 6.07) is -0.803. The Kier molecular flexibility index (Phi) is 20.2. The quantitative estimate of drug-likeness (QED) is 0.0961. The molecule has 0 radical (unpaired) electrons. The Morgan fingerprint density at radius 1 is 0.857 bits per heavy atom. The van der Waals surface area contributed by atoms with Crippen molar-refractivity contribution in [2.24, 2.45) is 0 Å². The second-order valence-corrected chi connectivity index (χ2v) is 12.3. The molecule has 0 spiro atoms. The first kappa shape index (κ1) is 38.5. The topological polar surface area (TPSA) is 130 Å². The third kappa shape index (κ3) is 11.9. The predicted octanol–water partition coefficient (Wildman–Crippen LogP) is 4.35. The molecular formula is C33H63N3O6. The van der Waals surface area contributed by atoms with Crippen LogP contribution >= 0.6 is 0 Å². The molecule has 1 heterocycles. The van der Waals surface area contributed by atoms with E-state index in [0.29, 0.717) is 32.5 Å². The molecule has 0 aromatic carbocycles. The number of aliphatic hydroxyl groups is 3. The zero-order valence-electron chi connectivity index (χ0n) is 27.2. The van der Waals surface area contributed by atoms with Crippen LogP contribution in [0.2, 0.25) is 0 Å². The van der Waals surface area contributed by atoms with Crippen LogP contribution in [0.15, 0.2) is 0 Å². The average molecular weight is 598 g/mol. The summed E-state index contributed by atoms with van der Waals surface area (Å²) in [5, 5.41) is 32.2. The Labute approximate surface area is 255 Å². The van der Waals surface area contributed by atoms with Crippen LogP contribution in [0, 0.1) is 0 Å². The van der Waals surface area contributed by atoms with Crippen molar-refractivity contribution in [3.63, 3.8) is 0 Å². The number of nitrogens with one attached hydrogen (secondary N) is 1. The minimum atomic E-state index is -1.84. The number of hydrogen-bond donors (Lipinski definition) is 4. The first-order valence-electron chi connectivity index (χ1n) is 17.0. The lowest BCUT2D eigenvalue weighted by Gasteiger charge is -2.51. The second-order valence-electron chi connectivity index (χ2n) is 12.3. The summed E-state index contributed by atoms with van der Waals surface area (Å²) in [4.78, 5) is 42.9. The summed E-state index contributed by atoms with van der Waals surface area (Å²) in [5.74, 6) is -1.59. The molecule has 1 fully saturated rings. The molecule has 4 atom stereocenters. The van der Waals surface area contributed by atoms with Crippen molar-refractivity contribution >= 4 is 17.6 Å². The van der Waals surface area contributed by atoms with Gasteiger partial charge in [0.05, 0.1) is 12.6 Å². The van der Waals surface area contributed by atoms with E-state index in [0.717, 1.165) is 19.3 Å². The molecule has 1 aliphatic heterocycles. The number of likely N-dealkylation sites (N-methyl/N-ethyl adjacent to an activating group) is 2. The number of rotatable bonds is 24. The van der Waals surface area contributed by atoms with Crippen LogP contribution in [0.4, 0.5) is 0 Å². The number of amides is 2. The summed E-state index contributed by atoms with van der Waals surface area (Å²) in [6.45, 7) is 6.21. The smallest absolute Gasteiger partial charge is 0.254 e. The van der Waals surface area contributed by atoms with Gasteiger partial charge in [0.1, 0.15) is 6.10 Å². The maximum absolute atomic E-state index is 13.7. The van der Waals surface area contributed by atoms with Gasteiger partial charge in [0.15, 0.2) is 17.4 Å². The average Bonchev–Trinajstić information content (AvgIpc) is 3.00. The van der Waals surface area contributed by atoms with Gasteiger partial charge in [0.25, 0.3) is 5.91 Å². The monoisotopic (exact) mass is 597 g/mol. The first-order chi connectivity index (χ1) is 20.2. The van der Waals surface area contributed by atoms with Gasteiger partial charge in [-0.25, -0.2) is 0 Å². The van der Waals surface area contributed by atoms with Crippen molar-refractivity contribution in [2.75, 3.05) is 33.3 Å². The molecule has 9 heteroatoms. The molecule has 246 valence electrons. The Balaban J connectivity index is 2.47. The molecule has 42 heavy (non-hydrogen) atoms. The van der Waals surface area contributed by atoms with E-state index >= 15 is 0 Å². The molecule has 0 saturated carbocycles. The van der Waals surface area contributed by atoms with Gasteiger partial charge in [-0.2, -0.15) is 0 Å². The maximum Gasteiger partial charge on any atom is 0.254 e. The SMILES string of the molecule is CCCCCCCCCCCCCCCCCCNC(=O)C1(C(C)=O)C(N(C)C(=O)C(O)C(O)CO)CCCN1CC. The van der Waals surface area contributed by atoms with E-state index in [1.807, 2.05) is 11.8 Å². The van der Waals surface area contributed by atoms with Crippen LogP contribution in [0.1, 0.15) is 136 Å². The highest BCUT2D eigenvalue weighted by Crippen LogP contribution is 2.34. The lowest BCUT2D eigenvalue weighted by molar-refractivity contribution is -0.162. The van der Waals surface area contributed by atoms with Crippen molar-refractivity contribution in [3.8, 4) is 0 Å². The largest absolute Gasteiger partial charge is 0.394 e. The Hall–Kier alpha value is -1.55. The number of carbonyl (C=O) groups excluding carboxylic acids is 3. The van der Waals surface area contributed by atoms with Crippen molar-refractivity contribution in [3.05, 3.63) is 0 Å². The Bertz CT molecular complexity index is 766. The fourth-order valence-electron chi connectivity index (χ4n) is 6.50. The van der Waals surface area contributed by atoms with E-state index in [1.165, 1.54) is 102 Å². The molecule has 1 aliphatic rings. The molecule has 4 unspecified atom stereocenters. The number of ketones is 1. The summed E-state index contributed by atoms with van der Waals surface area (Å²) >= 11 is 0. The third-order valence-electron chi connectivity index (χ3n) is 9.09. The lowest BCUT2D eigenvalue weighted by Crippen LogP contribution is -2.75. The minimum absolute atomic E-state index is 0.352.